The normalized spacial score (nSPS) is 10.7. The third kappa shape index (κ3) is 4.24. The van der Waals surface area contributed by atoms with E-state index in [0.29, 0.717) is 12.2 Å². The van der Waals surface area contributed by atoms with Gasteiger partial charge in [0.1, 0.15) is 6.61 Å². The number of carboxylic acid groups (broad SMARTS) is 1. The van der Waals surface area contributed by atoms with E-state index in [-0.39, 0.29) is 12.4 Å². The third-order valence-corrected chi connectivity index (χ3v) is 1.94. The van der Waals surface area contributed by atoms with Crippen molar-refractivity contribution in [2.75, 3.05) is 20.3 Å². The molecule has 0 aliphatic carbocycles. The molecular formula is C12H13FO4. The zero-order valence-corrected chi connectivity index (χ0v) is 9.35. The average Bonchev–Trinajstić information content (AvgIpc) is 2.29. The highest BCUT2D eigenvalue weighted by Gasteiger charge is 2.07. The summed E-state index contributed by atoms with van der Waals surface area (Å²) < 4.78 is 23.4. The van der Waals surface area contributed by atoms with Gasteiger partial charge >= 0.3 is 5.97 Å². The molecule has 0 fully saturated rings. The minimum atomic E-state index is -1.10. The molecule has 1 aromatic rings. The van der Waals surface area contributed by atoms with Gasteiger partial charge in [0.2, 0.25) is 0 Å². The van der Waals surface area contributed by atoms with E-state index in [1.54, 1.807) is 6.07 Å². The molecule has 0 radical (unpaired) electrons. The number of ether oxygens (including phenoxy) is 2. The summed E-state index contributed by atoms with van der Waals surface area (Å²) in [4.78, 5) is 10.4. The number of rotatable bonds is 6. The SMILES string of the molecule is COCCOc1c(F)cccc1/C=C/C(=O)O. The summed E-state index contributed by atoms with van der Waals surface area (Å²) in [6, 6.07) is 4.31. The smallest absolute Gasteiger partial charge is 0.328 e. The molecule has 0 aliphatic rings. The maximum atomic E-state index is 13.5. The van der Waals surface area contributed by atoms with Crippen LogP contribution in [-0.4, -0.2) is 31.4 Å². The van der Waals surface area contributed by atoms with Crippen LogP contribution >= 0.6 is 0 Å². The lowest BCUT2D eigenvalue weighted by Gasteiger charge is -2.09. The largest absolute Gasteiger partial charge is 0.487 e. The van der Waals surface area contributed by atoms with Gasteiger partial charge in [-0.05, 0) is 12.1 Å². The molecule has 4 nitrogen and oxygen atoms in total. The van der Waals surface area contributed by atoms with Crippen molar-refractivity contribution in [1.29, 1.82) is 0 Å². The van der Waals surface area contributed by atoms with Crippen molar-refractivity contribution in [3.8, 4) is 5.75 Å². The Morgan fingerprint density at radius 2 is 2.24 bits per heavy atom. The molecule has 92 valence electrons. The second kappa shape index (κ2) is 6.65. The highest BCUT2D eigenvalue weighted by molar-refractivity contribution is 5.85. The Labute approximate surface area is 98.3 Å². The highest BCUT2D eigenvalue weighted by Crippen LogP contribution is 2.23. The topological polar surface area (TPSA) is 55.8 Å². The average molecular weight is 240 g/mol. The van der Waals surface area contributed by atoms with Crippen LogP contribution in [0.15, 0.2) is 24.3 Å². The van der Waals surface area contributed by atoms with Crippen LogP contribution in [0.2, 0.25) is 0 Å². The Kier molecular flexibility index (Phi) is 5.16. The third-order valence-electron chi connectivity index (χ3n) is 1.94. The van der Waals surface area contributed by atoms with Crippen molar-refractivity contribution in [2.24, 2.45) is 0 Å². The van der Waals surface area contributed by atoms with Crippen LogP contribution < -0.4 is 4.74 Å². The molecule has 0 saturated heterocycles. The molecule has 0 spiro atoms. The van der Waals surface area contributed by atoms with Crippen LogP contribution in [0.3, 0.4) is 0 Å². The first-order valence-corrected chi connectivity index (χ1v) is 4.96. The van der Waals surface area contributed by atoms with Crippen molar-refractivity contribution >= 4 is 12.0 Å². The fraction of sp³-hybridized carbons (Fsp3) is 0.250. The van der Waals surface area contributed by atoms with Crippen LogP contribution in [0.4, 0.5) is 4.39 Å². The Balaban J connectivity index is 2.87. The summed E-state index contributed by atoms with van der Waals surface area (Å²) in [5.74, 6) is -1.60. The fourth-order valence-corrected chi connectivity index (χ4v) is 1.20. The van der Waals surface area contributed by atoms with Gasteiger partial charge in [0.15, 0.2) is 11.6 Å². The second-order valence-corrected chi connectivity index (χ2v) is 3.17. The van der Waals surface area contributed by atoms with Gasteiger partial charge in [-0.2, -0.15) is 0 Å². The Morgan fingerprint density at radius 3 is 2.88 bits per heavy atom. The van der Waals surface area contributed by atoms with Crippen molar-refractivity contribution in [2.45, 2.75) is 0 Å². The maximum Gasteiger partial charge on any atom is 0.328 e. The van der Waals surface area contributed by atoms with E-state index in [4.69, 9.17) is 14.6 Å². The molecule has 1 aromatic carbocycles. The fourth-order valence-electron chi connectivity index (χ4n) is 1.20. The monoisotopic (exact) mass is 240 g/mol. The molecule has 0 amide bonds. The number of aliphatic carboxylic acids is 1. The van der Waals surface area contributed by atoms with Crippen molar-refractivity contribution in [3.05, 3.63) is 35.7 Å². The van der Waals surface area contributed by atoms with Gasteiger partial charge in [0, 0.05) is 18.7 Å². The van der Waals surface area contributed by atoms with Gasteiger partial charge in [-0.1, -0.05) is 12.1 Å². The van der Waals surface area contributed by atoms with Gasteiger partial charge in [0.25, 0.3) is 0 Å². The molecule has 17 heavy (non-hydrogen) atoms. The molecule has 1 N–H and O–H groups in total. The summed E-state index contributed by atoms with van der Waals surface area (Å²) in [5, 5.41) is 8.51. The van der Waals surface area contributed by atoms with Gasteiger partial charge in [-0.3, -0.25) is 0 Å². The molecule has 0 aromatic heterocycles. The lowest BCUT2D eigenvalue weighted by molar-refractivity contribution is -0.131. The van der Waals surface area contributed by atoms with E-state index in [2.05, 4.69) is 0 Å². The number of hydrogen-bond acceptors (Lipinski definition) is 3. The van der Waals surface area contributed by atoms with Gasteiger partial charge < -0.3 is 14.6 Å². The highest BCUT2D eigenvalue weighted by atomic mass is 19.1. The molecule has 0 aliphatic heterocycles. The number of benzene rings is 1. The number of hydrogen-bond donors (Lipinski definition) is 1. The number of carbonyl (C=O) groups is 1. The minimum Gasteiger partial charge on any atom is -0.487 e. The van der Waals surface area contributed by atoms with Crippen molar-refractivity contribution in [3.63, 3.8) is 0 Å². The summed E-state index contributed by atoms with van der Waals surface area (Å²) >= 11 is 0. The van der Waals surface area contributed by atoms with E-state index in [1.807, 2.05) is 0 Å². The van der Waals surface area contributed by atoms with E-state index in [0.717, 1.165) is 6.08 Å². The Hall–Kier alpha value is -1.88. The van der Waals surface area contributed by atoms with Crippen LogP contribution in [0, 0.1) is 5.82 Å². The summed E-state index contributed by atoms with van der Waals surface area (Å²) in [6.07, 6.45) is 2.21. The number of halogens is 1. The van der Waals surface area contributed by atoms with Crippen LogP contribution in [-0.2, 0) is 9.53 Å². The van der Waals surface area contributed by atoms with Crippen molar-refractivity contribution < 1.29 is 23.8 Å². The minimum absolute atomic E-state index is 0.0297. The number of methoxy groups -OCH3 is 1. The predicted molar refractivity (Wildman–Crippen MR) is 60.4 cm³/mol. The molecule has 5 heteroatoms. The quantitative estimate of drug-likeness (QED) is 0.610. The maximum absolute atomic E-state index is 13.5. The zero-order chi connectivity index (χ0) is 12.7. The predicted octanol–water partition coefficient (Wildman–Crippen LogP) is 1.95. The van der Waals surface area contributed by atoms with E-state index >= 15 is 0 Å². The Bertz CT molecular complexity index is 415. The second-order valence-electron chi connectivity index (χ2n) is 3.17. The van der Waals surface area contributed by atoms with Crippen molar-refractivity contribution in [1.82, 2.24) is 0 Å². The van der Waals surface area contributed by atoms with Crippen LogP contribution in [0.1, 0.15) is 5.56 Å². The molecule has 0 saturated carbocycles. The van der Waals surface area contributed by atoms with E-state index < -0.39 is 11.8 Å². The molecular weight excluding hydrogens is 227 g/mol. The van der Waals surface area contributed by atoms with Gasteiger partial charge in [0.05, 0.1) is 6.61 Å². The molecule has 0 bridgehead atoms. The first-order valence-electron chi connectivity index (χ1n) is 4.96. The standard InChI is InChI=1S/C12H13FO4/c1-16-7-8-17-12-9(5-6-11(14)15)3-2-4-10(12)13/h2-6H,7-8H2,1H3,(H,14,15)/b6-5+. The zero-order valence-electron chi connectivity index (χ0n) is 9.35. The first kappa shape index (κ1) is 13.2. The molecule has 0 atom stereocenters. The lowest BCUT2D eigenvalue weighted by atomic mass is 10.2. The van der Waals surface area contributed by atoms with Gasteiger partial charge in [-0.25, -0.2) is 9.18 Å². The van der Waals surface area contributed by atoms with Crippen LogP contribution in [0.5, 0.6) is 5.75 Å². The summed E-state index contributed by atoms with van der Waals surface area (Å²) in [5.41, 5.74) is 0.378. The Morgan fingerprint density at radius 1 is 1.47 bits per heavy atom. The number of carboxylic acids is 1. The molecule has 0 unspecified atom stereocenters. The summed E-state index contributed by atoms with van der Waals surface area (Å²) in [7, 11) is 1.51. The van der Waals surface area contributed by atoms with E-state index in [1.165, 1.54) is 25.3 Å². The number of para-hydroxylation sites is 1. The van der Waals surface area contributed by atoms with Crippen LogP contribution in [0.25, 0.3) is 6.08 Å². The lowest BCUT2D eigenvalue weighted by Crippen LogP contribution is -2.06. The van der Waals surface area contributed by atoms with Gasteiger partial charge in [-0.15, -0.1) is 0 Å². The molecule has 1 rings (SSSR count). The first-order chi connectivity index (χ1) is 8.15. The van der Waals surface area contributed by atoms with E-state index in [9.17, 15) is 9.18 Å². The summed E-state index contributed by atoms with van der Waals surface area (Å²) in [6.45, 7) is 0.530. The molecule has 0 heterocycles.